The number of ether oxygens (including phenoxy) is 4. The van der Waals surface area contributed by atoms with Crippen LogP contribution in [0.2, 0.25) is 0 Å². The number of aliphatic hydroxyl groups excluding tert-OH is 6. The molecule has 40 heavy (non-hydrogen) atoms. The van der Waals surface area contributed by atoms with E-state index in [9.17, 15) is 40.1 Å². The third-order valence-corrected chi connectivity index (χ3v) is 8.42. The van der Waals surface area contributed by atoms with E-state index in [1.54, 1.807) is 24.3 Å². The summed E-state index contributed by atoms with van der Waals surface area (Å²) in [5.41, 5.74) is 6.16. The first-order chi connectivity index (χ1) is 18.9. The predicted molar refractivity (Wildman–Crippen MR) is 140 cm³/mol. The third-order valence-electron chi connectivity index (χ3n) is 6.99. The van der Waals surface area contributed by atoms with Gasteiger partial charge in [0, 0.05) is 11.8 Å². The predicted octanol–water partition coefficient (Wildman–Crippen LogP) is -0.547. The topological polar surface area (TPSA) is 231 Å². The molecule has 1 aromatic rings. The van der Waals surface area contributed by atoms with Gasteiger partial charge >= 0.3 is 7.60 Å². The molecule has 0 bridgehead atoms. The summed E-state index contributed by atoms with van der Waals surface area (Å²) in [6.07, 6.45) is -9.19. The summed E-state index contributed by atoms with van der Waals surface area (Å²) in [4.78, 5) is 10.1. The number of rotatable bonds is 15. The molecule has 230 valence electrons. The first-order valence-corrected chi connectivity index (χ1v) is 15.2. The SMILES string of the molecule is CCCCCCCP(=O)(O)OC[C@H]1O[C@H](O[C@]2(CO)O[C@H](COc3ccc(N)cc3)[C@@H](O)[C@@H]2O)[C@H](O)[C@@H](O)[C@@H]1O. The van der Waals surface area contributed by atoms with Gasteiger partial charge in [0.1, 0.15) is 61.7 Å². The Bertz CT molecular complexity index is 955. The molecular weight excluding hydrogens is 553 g/mol. The van der Waals surface area contributed by atoms with Gasteiger partial charge in [-0.25, -0.2) is 0 Å². The van der Waals surface area contributed by atoms with Gasteiger partial charge < -0.3 is 64.7 Å². The Balaban J connectivity index is 1.62. The summed E-state index contributed by atoms with van der Waals surface area (Å²) in [5.74, 6) is -1.91. The fourth-order valence-corrected chi connectivity index (χ4v) is 5.65. The van der Waals surface area contributed by atoms with Crippen LogP contribution in [-0.2, 0) is 23.3 Å². The minimum atomic E-state index is -4.03. The third kappa shape index (κ3) is 8.34. The molecule has 2 fully saturated rings. The molecular formula is C25H42NO13P. The van der Waals surface area contributed by atoms with Crippen molar-refractivity contribution in [3.63, 3.8) is 0 Å². The Kier molecular flexibility index (Phi) is 12.1. The maximum atomic E-state index is 12.4. The van der Waals surface area contributed by atoms with E-state index in [1.807, 2.05) is 0 Å². The summed E-state index contributed by atoms with van der Waals surface area (Å²) in [5, 5.41) is 62.5. The summed E-state index contributed by atoms with van der Waals surface area (Å²) in [6, 6.07) is 6.37. The van der Waals surface area contributed by atoms with Crippen molar-refractivity contribution in [2.75, 3.05) is 31.7 Å². The largest absolute Gasteiger partial charge is 0.491 e. The highest BCUT2D eigenvalue weighted by Crippen LogP contribution is 2.44. The van der Waals surface area contributed by atoms with E-state index in [0.29, 0.717) is 17.9 Å². The molecule has 0 aromatic heterocycles. The fourth-order valence-electron chi connectivity index (χ4n) is 4.52. The van der Waals surface area contributed by atoms with E-state index in [1.165, 1.54) is 0 Å². The fraction of sp³-hybridized carbons (Fsp3) is 0.760. The normalized spacial score (nSPS) is 35.9. The van der Waals surface area contributed by atoms with Gasteiger partial charge in [0.15, 0.2) is 6.29 Å². The Morgan fingerprint density at radius 1 is 0.925 bits per heavy atom. The molecule has 3 rings (SSSR count). The van der Waals surface area contributed by atoms with Gasteiger partial charge in [-0.05, 0) is 30.7 Å². The molecule has 0 saturated carbocycles. The van der Waals surface area contributed by atoms with E-state index in [-0.39, 0.29) is 12.8 Å². The average molecular weight is 596 g/mol. The van der Waals surface area contributed by atoms with Crippen molar-refractivity contribution in [3.05, 3.63) is 24.3 Å². The number of unbranched alkanes of at least 4 members (excludes halogenated alkanes) is 4. The molecule has 2 heterocycles. The second-order valence-corrected chi connectivity index (χ2v) is 12.1. The van der Waals surface area contributed by atoms with E-state index >= 15 is 0 Å². The minimum absolute atomic E-state index is 0.101. The van der Waals surface area contributed by atoms with Crippen LogP contribution in [0.4, 0.5) is 5.69 Å². The maximum absolute atomic E-state index is 12.4. The number of nitrogen functional groups attached to an aromatic ring is 1. The van der Waals surface area contributed by atoms with Gasteiger partial charge in [-0.1, -0.05) is 32.6 Å². The van der Waals surface area contributed by atoms with Crippen LogP contribution in [-0.4, -0.2) is 116 Å². The lowest BCUT2D eigenvalue weighted by Gasteiger charge is -2.43. The van der Waals surface area contributed by atoms with E-state index in [4.69, 9.17) is 29.2 Å². The lowest BCUT2D eigenvalue weighted by atomic mass is 9.99. The summed E-state index contributed by atoms with van der Waals surface area (Å²) in [7, 11) is -4.03. The molecule has 0 spiro atoms. The summed E-state index contributed by atoms with van der Waals surface area (Å²) >= 11 is 0. The average Bonchev–Trinajstić information content (AvgIpc) is 3.17. The van der Waals surface area contributed by atoms with Crippen molar-refractivity contribution in [3.8, 4) is 5.75 Å². The zero-order valence-corrected chi connectivity index (χ0v) is 23.3. The van der Waals surface area contributed by atoms with Crippen molar-refractivity contribution in [2.45, 2.75) is 93.8 Å². The first-order valence-electron chi connectivity index (χ1n) is 13.4. The minimum Gasteiger partial charge on any atom is -0.491 e. The Labute approximate surface area is 232 Å². The Morgan fingerprint density at radius 2 is 1.60 bits per heavy atom. The number of anilines is 1. The Morgan fingerprint density at radius 3 is 2.25 bits per heavy atom. The number of nitrogens with two attached hydrogens (primary N) is 1. The van der Waals surface area contributed by atoms with E-state index in [0.717, 1.165) is 25.7 Å². The van der Waals surface area contributed by atoms with Crippen LogP contribution in [0.15, 0.2) is 24.3 Å². The number of hydrogen-bond donors (Lipinski definition) is 8. The van der Waals surface area contributed by atoms with Gasteiger partial charge in [0.25, 0.3) is 0 Å². The monoisotopic (exact) mass is 595 g/mol. The van der Waals surface area contributed by atoms with E-state index < -0.39 is 75.6 Å². The second-order valence-electron chi connectivity index (χ2n) is 10.1. The van der Waals surface area contributed by atoms with Crippen molar-refractivity contribution < 1.29 is 63.6 Å². The summed E-state index contributed by atoms with van der Waals surface area (Å²) < 4.78 is 39.8. The van der Waals surface area contributed by atoms with Gasteiger partial charge in [0.2, 0.25) is 5.79 Å². The standard InChI is InChI=1S/C25H42NO13P/c1-2-3-4-5-6-11-40(33,34)36-13-17-19(28)21(30)22(31)24(37-17)39-25(14-27)23(32)20(29)18(38-25)12-35-16-9-7-15(26)8-10-16/h7-10,17-24,27-32H,2-6,11-14,26H2,1H3,(H,33,34)/t17-,18-,19-,20-,21+,22-,23+,24-,25+/m1/s1. The summed E-state index contributed by atoms with van der Waals surface area (Å²) in [6.45, 7) is 0.171. The molecule has 2 saturated heterocycles. The van der Waals surface area contributed by atoms with Crippen LogP contribution >= 0.6 is 7.60 Å². The van der Waals surface area contributed by atoms with Gasteiger partial charge in [-0.3, -0.25) is 4.57 Å². The smallest absolute Gasteiger partial charge is 0.328 e. The molecule has 9 N–H and O–H groups in total. The molecule has 10 atom stereocenters. The van der Waals surface area contributed by atoms with Crippen LogP contribution in [0, 0.1) is 0 Å². The number of aliphatic hydroxyl groups is 6. The first kappa shape index (κ1) is 33.1. The number of benzene rings is 1. The molecule has 0 aliphatic carbocycles. The van der Waals surface area contributed by atoms with Crippen molar-refractivity contribution in [1.29, 1.82) is 0 Å². The van der Waals surface area contributed by atoms with Crippen LogP contribution in [0.5, 0.6) is 5.75 Å². The quantitative estimate of drug-likeness (QED) is 0.0723. The number of hydrogen-bond acceptors (Lipinski definition) is 13. The maximum Gasteiger partial charge on any atom is 0.328 e. The van der Waals surface area contributed by atoms with Crippen LogP contribution in [0.3, 0.4) is 0 Å². The van der Waals surface area contributed by atoms with Crippen LogP contribution in [0.25, 0.3) is 0 Å². The zero-order chi connectivity index (χ0) is 29.5. The van der Waals surface area contributed by atoms with Crippen molar-refractivity contribution in [2.24, 2.45) is 0 Å². The molecule has 15 heteroatoms. The highest BCUT2D eigenvalue weighted by Gasteiger charge is 2.58. The lowest BCUT2D eigenvalue weighted by molar-refractivity contribution is -0.383. The van der Waals surface area contributed by atoms with Crippen molar-refractivity contribution >= 4 is 13.3 Å². The molecule has 0 radical (unpaired) electrons. The van der Waals surface area contributed by atoms with Gasteiger partial charge in [0.05, 0.1) is 6.61 Å². The van der Waals surface area contributed by atoms with Gasteiger partial charge in [-0.15, -0.1) is 0 Å². The lowest BCUT2D eigenvalue weighted by Crippen LogP contribution is -2.62. The Hall–Kier alpha value is -1.39. The zero-order valence-electron chi connectivity index (χ0n) is 22.4. The molecule has 1 unspecified atom stereocenters. The second kappa shape index (κ2) is 14.7. The highest BCUT2D eigenvalue weighted by molar-refractivity contribution is 7.52. The van der Waals surface area contributed by atoms with Crippen molar-refractivity contribution in [1.82, 2.24) is 0 Å². The van der Waals surface area contributed by atoms with Gasteiger partial charge in [-0.2, -0.15) is 0 Å². The molecule has 14 nitrogen and oxygen atoms in total. The van der Waals surface area contributed by atoms with E-state index in [2.05, 4.69) is 6.92 Å². The highest BCUT2D eigenvalue weighted by atomic mass is 31.2. The van der Waals surface area contributed by atoms with Crippen LogP contribution < -0.4 is 10.5 Å². The molecule has 1 aromatic carbocycles. The molecule has 0 amide bonds. The van der Waals surface area contributed by atoms with Crippen LogP contribution in [0.1, 0.15) is 39.0 Å². The molecule has 2 aliphatic rings. The molecule has 2 aliphatic heterocycles.